The summed E-state index contributed by atoms with van der Waals surface area (Å²) in [5.74, 6) is 0.500. The number of esters is 1. The monoisotopic (exact) mass is 228 g/mol. The Bertz CT molecular complexity index is 222. The molecule has 0 aromatic rings. The maximum atomic E-state index is 11.5. The first-order chi connectivity index (χ1) is 7.39. The van der Waals surface area contributed by atoms with E-state index in [4.69, 9.17) is 4.74 Å². The number of hydrogen-bond acceptors (Lipinski definition) is 3. The van der Waals surface area contributed by atoms with Crippen LogP contribution in [0, 0.1) is 11.3 Å². The van der Waals surface area contributed by atoms with E-state index in [2.05, 4.69) is 0 Å². The molecule has 3 heteroatoms. The molecule has 3 nitrogen and oxygen atoms in total. The van der Waals surface area contributed by atoms with Crippen LogP contribution < -0.4 is 0 Å². The predicted molar refractivity (Wildman–Crippen MR) is 63.0 cm³/mol. The van der Waals surface area contributed by atoms with Gasteiger partial charge in [-0.1, -0.05) is 0 Å². The molecule has 0 saturated heterocycles. The van der Waals surface area contributed by atoms with Gasteiger partial charge in [0.25, 0.3) is 0 Å². The third kappa shape index (κ3) is 4.52. The molecule has 0 unspecified atom stereocenters. The Morgan fingerprint density at radius 2 is 1.81 bits per heavy atom. The summed E-state index contributed by atoms with van der Waals surface area (Å²) in [5.41, 5.74) is -0.400. The van der Waals surface area contributed by atoms with Crippen LogP contribution in [0.1, 0.15) is 52.9 Å². The van der Waals surface area contributed by atoms with E-state index in [-0.39, 0.29) is 12.1 Å². The van der Waals surface area contributed by atoms with Crippen LogP contribution in [0.5, 0.6) is 0 Å². The van der Waals surface area contributed by atoms with E-state index in [9.17, 15) is 9.90 Å². The van der Waals surface area contributed by atoms with E-state index < -0.39 is 5.41 Å². The average Bonchev–Trinajstić information content (AvgIpc) is 2.19. The highest BCUT2D eigenvalue weighted by molar-refractivity contribution is 5.75. The van der Waals surface area contributed by atoms with Gasteiger partial charge in [-0.2, -0.15) is 0 Å². The summed E-state index contributed by atoms with van der Waals surface area (Å²) >= 11 is 0. The van der Waals surface area contributed by atoms with Gasteiger partial charge in [0, 0.05) is 0 Å². The van der Waals surface area contributed by atoms with Crippen molar-refractivity contribution in [3.05, 3.63) is 0 Å². The van der Waals surface area contributed by atoms with Crippen LogP contribution in [0.2, 0.25) is 0 Å². The van der Waals surface area contributed by atoms with Crippen LogP contribution >= 0.6 is 0 Å². The Labute approximate surface area is 98.2 Å². The van der Waals surface area contributed by atoms with Crippen LogP contribution in [-0.2, 0) is 9.53 Å². The topological polar surface area (TPSA) is 46.5 Å². The van der Waals surface area contributed by atoms with Gasteiger partial charge in [-0.25, -0.2) is 0 Å². The lowest BCUT2D eigenvalue weighted by Gasteiger charge is -2.25. The Balaban J connectivity index is 2.14. The van der Waals surface area contributed by atoms with Crippen molar-refractivity contribution in [2.75, 3.05) is 6.61 Å². The third-order valence-electron chi connectivity index (χ3n) is 3.19. The van der Waals surface area contributed by atoms with E-state index in [0.717, 1.165) is 32.1 Å². The standard InChI is InChI=1S/C13H24O3/c1-13(2,3)12(15)16-9-8-10-4-6-11(14)7-5-10/h10-11,14H,4-9H2,1-3H3. The van der Waals surface area contributed by atoms with Gasteiger partial charge in [-0.15, -0.1) is 0 Å². The Kier molecular flexibility index (Phi) is 4.78. The molecule has 1 fully saturated rings. The molecule has 1 aliphatic rings. The predicted octanol–water partition coefficient (Wildman–Crippen LogP) is 2.52. The molecule has 1 N–H and O–H groups in total. The molecule has 1 rings (SSSR count). The zero-order valence-electron chi connectivity index (χ0n) is 10.7. The van der Waals surface area contributed by atoms with Crippen molar-refractivity contribution in [3.8, 4) is 0 Å². The number of hydrogen-bond donors (Lipinski definition) is 1. The maximum Gasteiger partial charge on any atom is 0.311 e. The second-order valence-electron chi connectivity index (χ2n) is 5.85. The molecule has 1 saturated carbocycles. The fourth-order valence-electron chi connectivity index (χ4n) is 1.97. The van der Waals surface area contributed by atoms with E-state index in [1.165, 1.54) is 0 Å². The molecule has 0 aromatic carbocycles. The lowest BCUT2D eigenvalue weighted by molar-refractivity contribution is -0.153. The van der Waals surface area contributed by atoms with Gasteiger partial charge >= 0.3 is 5.97 Å². The van der Waals surface area contributed by atoms with E-state index in [1.807, 2.05) is 20.8 Å². The molecule has 0 atom stereocenters. The minimum Gasteiger partial charge on any atom is -0.465 e. The molecule has 0 aliphatic heterocycles. The second-order valence-corrected chi connectivity index (χ2v) is 5.85. The zero-order chi connectivity index (χ0) is 12.2. The quantitative estimate of drug-likeness (QED) is 0.755. The van der Waals surface area contributed by atoms with Gasteiger partial charge in [-0.05, 0) is 58.8 Å². The molecule has 0 radical (unpaired) electrons. The van der Waals surface area contributed by atoms with E-state index >= 15 is 0 Å². The van der Waals surface area contributed by atoms with Gasteiger partial charge in [0.05, 0.1) is 18.1 Å². The molecule has 0 bridgehead atoms. The lowest BCUT2D eigenvalue weighted by atomic mass is 9.85. The fourth-order valence-corrected chi connectivity index (χ4v) is 1.97. The number of carbonyl (C=O) groups excluding carboxylic acids is 1. The molecule has 0 heterocycles. The van der Waals surface area contributed by atoms with Crippen molar-refractivity contribution in [2.45, 2.75) is 59.0 Å². The zero-order valence-corrected chi connectivity index (χ0v) is 10.7. The minimum atomic E-state index is -0.400. The molecule has 0 spiro atoms. The minimum absolute atomic E-state index is 0.103. The largest absolute Gasteiger partial charge is 0.465 e. The molecule has 0 aromatic heterocycles. The fraction of sp³-hybridized carbons (Fsp3) is 0.923. The number of carbonyl (C=O) groups is 1. The van der Waals surface area contributed by atoms with Crippen molar-refractivity contribution < 1.29 is 14.6 Å². The van der Waals surface area contributed by atoms with Crippen LogP contribution in [-0.4, -0.2) is 23.8 Å². The Morgan fingerprint density at radius 1 is 1.25 bits per heavy atom. The Hall–Kier alpha value is -0.570. The average molecular weight is 228 g/mol. The first kappa shape index (κ1) is 13.5. The SMILES string of the molecule is CC(C)(C)C(=O)OCCC1CCC(O)CC1. The first-order valence-electron chi connectivity index (χ1n) is 6.25. The summed E-state index contributed by atoms with van der Waals surface area (Å²) in [7, 11) is 0. The van der Waals surface area contributed by atoms with Crippen molar-refractivity contribution in [1.29, 1.82) is 0 Å². The van der Waals surface area contributed by atoms with Crippen molar-refractivity contribution in [1.82, 2.24) is 0 Å². The summed E-state index contributed by atoms with van der Waals surface area (Å²) in [6.45, 7) is 6.13. The third-order valence-corrected chi connectivity index (χ3v) is 3.19. The number of aliphatic hydroxyl groups excluding tert-OH is 1. The van der Waals surface area contributed by atoms with Gasteiger partial charge in [0.1, 0.15) is 0 Å². The van der Waals surface area contributed by atoms with Crippen molar-refractivity contribution in [2.24, 2.45) is 11.3 Å². The summed E-state index contributed by atoms with van der Waals surface area (Å²) in [6.07, 6.45) is 4.76. The van der Waals surface area contributed by atoms with Gasteiger partial charge in [0.15, 0.2) is 0 Å². The summed E-state index contributed by atoms with van der Waals surface area (Å²) in [4.78, 5) is 11.5. The smallest absolute Gasteiger partial charge is 0.311 e. The lowest BCUT2D eigenvalue weighted by Crippen LogP contribution is -2.25. The molecule has 1 aliphatic carbocycles. The number of aliphatic hydroxyl groups is 1. The molecular weight excluding hydrogens is 204 g/mol. The first-order valence-corrected chi connectivity index (χ1v) is 6.25. The van der Waals surface area contributed by atoms with Crippen LogP contribution in [0.15, 0.2) is 0 Å². The summed E-state index contributed by atoms with van der Waals surface area (Å²) in [6, 6.07) is 0. The van der Waals surface area contributed by atoms with E-state index in [1.54, 1.807) is 0 Å². The van der Waals surface area contributed by atoms with Gasteiger partial charge < -0.3 is 9.84 Å². The summed E-state index contributed by atoms with van der Waals surface area (Å²) in [5, 5.41) is 9.36. The van der Waals surface area contributed by atoms with Gasteiger partial charge in [0.2, 0.25) is 0 Å². The van der Waals surface area contributed by atoms with Crippen molar-refractivity contribution >= 4 is 5.97 Å². The van der Waals surface area contributed by atoms with Crippen LogP contribution in [0.4, 0.5) is 0 Å². The second kappa shape index (κ2) is 5.67. The normalized spacial score (nSPS) is 26.5. The highest BCUT2D eigenvalue weighted by Crippen LogP contribution is 2.27. The van der Waals surface area contributed by atoms with Crippen molar-refractivity contribution in [3.63, 3.8) is 0 Å². The molecule has 16 heavy (non-hydrogen) atoms. The maximum absolute atomic E-state index is 11.5. The molecular formula is C13H24O3. The van der Waals surface area contributed by atoms with Crippen LogP contribution in [0.25, 0.3) is 0 Å². The molecule has 94 valence electrons. The van der Waals surface area contributed by atoms with Crippen LogP contribution in [0.3, 0.4) is 0 Å². The highest BCUT2D eigenvalue weighted by atomic mass is 16.5. The number of ether oxygens (including phenoxy) is 1. The van der Waals surface area contributed by atoms with Gasteiger partial charge in [-0.3, -0.25) is 4.79 Å². The highest BCUT2D eigenvalue weighted by Gasteiger charge is 2.24. The number of rotatable bonds is 3. The molecule has 0 amide bonds. The Morgan fingerprint density at radius 3 is 2.31 bits per heavy atom. The summed E-state index contributed by atoms with van der Waals surface area (Å²) < 4.78 is 5.23. The van der Waals surface area contributed by atoms with E-state index in [0.29, 0.717) is 12.5 Å².